The maximum absolute atomic E-state index is 13.7. The zero-order valence-corrected chi connectivity index (χ0v) is 23.2. The van der Waals surface area contributed by atoms with Crippen molar-refractivity contribution in [3.8, 4) is 0 Å². The number of imidazole rings is 1. The van der Waals surface area contributed by atoms with Gasteiger partial charge in [-0.2, -0.15) is 0 Å². The number of nitrogens with zero attached hydrogens (tertiary/aromatic N) is 4. The second kappa shape index (κ2) is 11.7. The summed E-state index contributed by atoms with van der Waals surface area (Å²) in [7, 11) is 0. The fourth-order valence-electron chi connectivity index (χ4n) is 5.98. The summed E-state index contributed by atoms with van der Waals surface area (Å²) in [5.74, 6) is 1.97. The first-order valence-electron chi connectivity index (χ1n) is 14.2. The molecule has 40 heavy (non-hydrogen) atoms. The number of nitrogens with one attached hydrogen (secondary N) is 3. The number of carboxylic acid groups (broad SMARTS) is 1. The maximum Gasteiger partial charge on any atom is 0.410 e. The predicted molar refractivity (Wildman–Crippen MR) is 153 cm³/mol. The standard InChI is InChI=1S/C30H38FN7O2/c1-4-19-8-10-20(11-9-19)16-38-24-26(33-18(3)22-6-5-7-22)35-28(25(32)34-30(39)40)36-27(24)37-29(38)17(2)21-12-14-23(31)15-13-21/h4,12-15,17-20,22H,1,5-11,16H2,2-3H3,(H2,32,34)(H,39,40)(H,33,35,36)/t17?,18-,19?,20?/m1/s1. The molecule has 2 atom stereocenters. The number of hydrogen-bond donors (Lipinski definition) is 4. The summed E-state index contributed by atoms with van der Waals surface area (Å²) in [5.41, 5.74) is 2.10. The number of hydrogen-bond acceptors (Lipinski definition) is 6. The Morgan fingerprint density at radius 1 is 1.15 bits per heavy atom. The van der Waals surface area contributed by atoms with Gasteiger partial charge in [-0.25, -0.2) is 24.1 Å². The van der Waals surface area contributed by atoms with Gasteiger partial charge in [0.25, 0.3) is 0 Å². The van der Waals surface area contributed by atoms with Gasteiger partial charge in [-0.05, 0) is 80.9 Å². The van der Waals surface area contributed by atoms with E-state index in [1.807, 2.05) is 6.92 Å². The number of amidine groups is 1. The van der Waals surface area contributed by atoms with Crippen molar-refractivity contribution in [2.24, 2.45) is 17.8 Å². The van der Waals surface area contributed by atoms with Gasteiger partial charge in [0.2, 0.25) is 0 Å². The van der Waals surface area contributed by atoms with E-state index in [1.165, 1.54) is 18.6 Å². The van der Waals surface area contributed by atoms with Crippen molar-refractivity contribution < 1.29 is 14.3 Å². The molecule has 0 bridgehead atoms. The Kier molecular flexibility index (Phi) is 8.14. The van der Waals surface area contributed by atoms with Gasteiger partial charge in [0.15, 0.2) is 23.1 Å². The van der Waals surface area contributed by atoms with Crippen molar-refractivity contribution in [1.82, 2.24) is 24.8 Å². The predicted octanol–water partition coefficient (Wildman–Crippen LogP) is 6.30. The summed E-state index contributed by atoms with van der Waals surface area (Å²) >= 11 is 0. The molecule has 2 heterocycles. The first-order chi connectivity index (χ1) is 19.2. The van der Waals surface area contributed by atoms with E-state index in [9.17, 15) is 14.3 Å². The Bertz CT molecular complexity index is 1390. The molecule has 5 rings (SSSR count). The number of fused-ring (bicyclic) bond motifs is 1. The van der Waals surface area contributed by atoms with Crippen LogP contribution in [0.3, 0.4) is 0 Å². The van der Waals surface area contributed by atoms with Gasteiger partial charge in [0.05, 0.1) is 0 Å². The summed E-state index contributed by atoms with van der Waals surface area (Å²) in [5, 5.41) is 23.1. The Labute approximate surface area is 233 Å². The molecule has 1 amide bonds. The molecule has 2 saturated carbocycles. The van der Waals surface area contributed by atoms with Crippen LogP contribution in [0.2, 0.25) is 0 Å². The SMILES string of the molecule is C=CC1CCC(Cn2c(C(C)c3ccc(F)cc3)nc3nc(C(=N)NC(=O)O)nc(N[C@H](C)C4CCC4)c32)CC1. The minimum absolute atomic E-state index is 0.0321. The van der Waals surface area contributed by atoms with Gasteiger partial charge in [-0.15, -0.1) is 6.58 Å². The number of benzene rings is 1. The smallest absolute Gasteiger partial charge is 0.410 e. The Balaban J connectivity index is 1.62. The van der Waals surface area contributed by atoms with Crippen molar-refractivity contribution in [1.29, 1.82) is 5.41 Å². The van der Waals surface area contributed by atoms with E-state index in [1.54, 1.807) is 12.1 Å². The lowest BCUT2D eigenvalue weighted by Gasteiger charge is -2.32. The van der Waals surface area contributed by atoms with Gasteiger partial charge in [0, 0.05) is 18.5 Å². The van der Waals surface area contributed by atoms with Crippen LogP contribution in [0.1, 0.15) is 81.9 Å². The van der Waals surface area contributed by atoms with E-state index in [4.69, 9.17) is 10.4 Å². The first-order valence-corrected chi connectivity index (χ1v) is 14.2. The van der Waals surface area contributed by atoms with Crippen LogP contribution in [0, 0.1) is 29.0 Å². The van der Waals surface area contributed by atoms with Crippen LogP contribution in [-0.2, 0) is 6.54 Å². The lowest BCUT2D eigenvalue weighted by atomic mass is 9.80. The number of aromatic nitrogens is 4. The highest BCUT2D eigenvalue weighted by Crippen LogP contribution is 2.36. The second-order valence-corrected chi connectivity index (χ2v) is 11.4. The molecular formula is C30H38FN7O2. The second-order valence-electron chi connectivity index (χ2n) is 11.4. The minimum atomic E-state index is -1.35. The largest absolute Gasteiger partial charge is 0.465 e. The number of halogens is 1. The number of allylic oxidation sites excluding steroid dienone is 1. The zero-order valence-electron chi connectivity index (χ0n) is 23.2. The molecule has 0 aliphatic heterocycles. The number of amides is 1. The molecule has 2 aliphatic rings. The molecule has 4 N–H and O–H groups in total. The van der Waals surface area contributed by atoms with Gasteiger partial charge in [0.1, 0.15) is 17.2 Å². The van der Waals surface area contributed by atoms with Crippen LogP contribution >= 0.6 is 0 Å². The van der Waals surface area contributed by atoms with Crippen molar-refractivity contribution in [3.05, 3.63) is 59.9 Å². The summed E-state index contributed by atoms with van der Waals surface area (Å²) in [6.07, 6.45) is 8.57. The third-order valence-electron chi connectivity index (χ3n) is 8.73. The Morgan fingerprint density at radius 3 is 2.45 bits per heavy atom. The lowest BCUT2D eigenvalue weighted by Crippen LogP contribution is -2.33. The van der Waals surface area contributed by atoms with E-state index in [0.717, 1.165) is 62.0 Å². The topological polar surface area (TPSA) is 129 Å². The molecule has 0 radical (unpaired) electrons. The van der Waals surface area contributed by atoms with Crippen LogP contribution in [0.25, 0.3) is 11.2 Å². The highest BCUT2D eigenvalue weighted by atomic mass is 19.1. The molecule has 10 heteroatoms. The van der Waals surface area contributed by atoms with E-state index < -0.39 is 11.9 Å². The molecule has 2 aliphatic carbocycles. The highest BCUT2D eigenvalue weighted by molar-refractivity contribution is 6.03. The molecule has 0 saturated heterocycles. The average molecular weight is 548 g/mol. The average Bonchev–Trinajstić information content (AvgIpc) is 3.26. The minimum Gasteiger partial charge on any atom is -0.465 e. The third-order valence-corrected chi connectivity index (χ3v) is 8.73. The number of rotatable bonds is 9. The van der Waals surface area contributed by atoms with E-state index in [0.29, 0.717) is 29.2 Å². The van der Waals surface area contributed by atoms with Gasteiger partial charge < -0.3 is 15.0 Å². The first kappa shape index (κ1) is 27.7. The summed E-state index contributed by atoms with van der Waals surface area (Å²) in [4.78, 5) is 25.5. The van der Waals surface area contributed by atoms with Crippen LogP contribution in [0.5, 0.6) is 0 Å². The van der Waals surface area contributed by atoms with Crippen LogP contribution in [-0.4, -0.2) is 42.6 Å². The molecule has 1 aromatic carbocycles. The zero-order chi connectivity index (χ0) is 28.4. The normalized spacial score (nSPS) is 20.9. The fraction of sp³-hybridized carbons (Fsp3) is 0.500. The lowest BCUT2D eigenvalue weighted by molar-refractivity contribution is 0.200. The van der Waals surface area contributed by atoms with Crippen molar-refractivity contribution >= 4 is 28.9 Å². The Hall–Kier alpha value is -3.82. The quantitative estimate of drug-likeness (QED) is 0.141. The number of anilines is 1. The van der Waals surface area contributed by atoms with E-state index >= 15 is 0 Å². The van der Waals surface area contributed by atoms with E-state index in [-0.39, 0.29) is 23.6 Å². The molecule has 0 spiro atoms. The van der Waals surface area contributed by atoms with Crippen LogP contribution in [0.15, 0.2) is 36.9 Å². The van der Waals surface area contributed by atoms with E-state index in [2.05, 4.69) is 44.7 Å². The molecule has 1 unspecified atom stereocenters. The third kappa shape index (κ3) is 5.85. The highest BCUT2D eigenvalue weighted by Gasteiger charge is 2.30. The fourth-order valence-corrected chi connectivity index (χ4v) is 5.98. The molecule has 9 nitrogen and oxygen atoms in total. The number of carbonyl (C=O) groups is 1. The van der Waals surface area contributed by atoms with Gasteiger partial charge >= 0.3 is 6.09 Å². The van der Waals surface area contributed by atoms with Gasteiger partial charge in [-0.3, -0.25) is 10.7 Å². The molecule has 3 aromatic rings. The molecular weight excluding hydrogens is 509 g/mol. The summed E-state index contributed by atoms with van der Waals surface area (Å²) < 4.78 is 15.9. The Morgan fingerprint density at radius 2 is 1.85 bits per heavy atom. The maximum atomic E-state index is 13.7. The van der Waals surface area contributed by atoms with Gasteiger partial charge in [-0.1, -0.05) is 31.6 Å². The van der Waals surface area contributed by atoms with Crippen LogP contribution < -0.4 is 10.6 Å². The van der Waals surface area contributed by atoms with Crippen LogP contribution in [0.4, 0.5) is 15.0 Å². The monoisotopic (exact) mass is 547 g/mol. The summed E-state index contributed by atoms with van der Waals surface area (Å²) in [6.45, 7) is 8.90. The molecule has 212 valence electrons. The molecule has 2 fully saturated rings. The molecule has 2 aromatic heterocycles. The van der Waals surface area contributed by atoms with Crippen molar-refractivity contribution in [2.45, 2.75) is 77.3 Å². The van der Waals surface area contributed by atoms with Crippen molar-refractivity contribution in [3.63, 3.8) is 0 Å². The van der Waals surface area contributed by atoms with Crippen molar-refractivity contribution in [2.75, 3.05) is 5.32 Å². The summed E-state index contributed by atoms with van der Waals surface area (Å²) in [6, 6.07) is 6.62.